The molecule has 0 amide bonds. The van der Waals surface area contributed by atoms with Crippen LogP contribution in [0.4, 0.5) is 0 Å². The molecule has 7 heteroatoms. The van der Waals surface area contributed by atoms with E-state index >= 15 is 0 Å². The lowest BCUT2D eigenvalue weighted by atomic mass is 10.2. The van der Waals surface area contributed by atoms with Crippen LogP contribution in [0.2, 0.25) is 0 Å². The molecule has 0 saturated carbocycles. The molecule has 0 unspecified atom stereocenters. The highest BCUT2D eigenvalue weighted by Gasteiger charge is 2.31. The van der Waals surface area contributed by atoms with Crippen molar-refractivity contribution in [3.8, 4) is 11.5 Å². The molecule has 0 bridgehead atoms. The Bertz CT molecular complexity index is 950. The Morgan fingerprint density at radius 2 is 1.74 bits per heavy atom. The van der Waals surface area contributed by atoms with Crippen LogP contribution in [-0.4, -0.2) is 45.7 Å². The van der Waals surface area contributed by atoms with E-state index in [0.29, 0.717) is 18.0 Å². The number of sulfonamides is 1. The predicted octanol–water partition coefficient (Wildman–Crippen LogP) is 1.12. The molecule has 2 aliphatic rings. The first kappa shape index (κ1) is 18.3. The molecular weight excluding hydrogens is 364 g/mol. The highest BCUT2D eigenvalue weighted by Crippen LogP contribution is 2.32. The first-order valence-corrected chi connectivity index (χ1v) is 10.7. The zero-order valence-corrected chi connectivity index (χ0v) is 16.5. The molecule has 0 aromatic heterocycles. The van der Waals surface area contributed by atoms with Gasteiger partial charge in [0.1, 0.15) is 6.54 Å². The van der Waals surface area contributed by atoms with Gasteiger partial charge in [0.25, 0.3) is 0 Å². The molecule has 0 atom stereocenters. The van der Waals surface area contributed by atoms with E-state index in [1.165, 1.54) is 10.5 Å². The van der Waals surface area contributed by atoms with Gasteiger partial charge in [0.2, 0.25) is 16.8 Å². The molecule has 4 rings (SSSR count). The minimum atomic E-state index is -3.43. The van der Waals surface area contributed by atoms with Crippen LogP contribution in [0.3, 0.4) is 0 Å². The molecule has 1 fully saturated rings. The second kappa shape index (κ2) is 7.14. The molecule has 1 saturated heterocycles. The van der Waals surface area contributed by atoms with Gasteiger partial charge in [0, 0.05) is 5.56 Å². The third-order valence-electron chi connectivity index (χ3n) is 5.27. The van der Waals surface area contributed by atoms with Crippen LogP contribution in [0.5, 0.6) is 11.5 Å². The number of benzene rings is 2. The molecule has 6 nitrogen and oxygen atoms in total. The van der Waals surface area contributed by atoms with E-state index in [-0.39, 0.29) is 6.79 Å². The maximum absolute atomic E-state index is 13.0. The fraction of sp³-hybridized carbons (Fsp3) is 0.400. The van der Waals surface area contributed by atoms with Gasteiger partial charge in [-0.25, -0.2) is 8.42 Å². The fourth-order valence-electron chi connectivity index (χ4n) is 3.79. The number of fused-ring (bicyclic) bond motifs is 1. The van der Waals surface area contributed by atoms with Crippen LogP contribution >= 0.6 is 0 Å². The molecule has 144 valence electrons. The summed E-state index contributed by atoms with van der Waals surface area (Å²) in [5.41, 5.74) is 3.06. The summed E-state index contributed by atoms with van der Waals surface area (Å²) in [6.07, 6.45) is 0. The van der Waals surface area contributed by atoms with Gasteiger partial charge in [0.15, 0.2) is 11.5 Å². The van der Waals surface area contributed by atoms with Gasteiger partial charge in [0.05, 0.1) is 31.1 Å². The van der Waals surface area contributed by atoms with Gasteiger partial charge in [-0.15, -0.1) is 0 Å². The quantitative estimate of drug-likeness (QED) is 0.852. The van der Waals surface area contributed by atoms with Crippen molar-refractivity contribution in [1.82, 2.24) is 4.31 Å². The van der Waals surface area contributed by atoms with Gasteiger partial charge in [-0.2, -0.15) is 4.31 Å². The Kier molecular flexibility index (Phi) is 4.84. The summed E-state index contributed by atoms with van der Waals surface area (Å²) in [6, 6.07) is 11.5. The number of nitrogens with one attached hydrogen (secondary N) is 1. The number of rotatable bonds is 4. The number of hydrogen-bond acceptors (Lipinski definition) is 4. The topological polar surface area (TPSA) is 60.3 Å². The van der Waals surface area contributed by atoms with Crippen molar-refractivity contribution in [3.05, 3.63) is 53.1 Å². The lowest BCUT2D eigenvalue weighted by molar-refractivity contribution is -0.917. The van der Waals surface area contributed by atoms with E-state index < -0.39 is 10.0 Å². The summed E-state index contributed by atoms with van der Waals surface area (Å²) in [4.78, 5) is 1.80. The second-order valence-corrected chi connectivity index (χ2v) is 9.19. The number of piperazine rings is 1. The van der Waals surface area contributed by atoms with Gasteiger partial charge in [-0.05, 0) is 43.7 Å². The summed E-state index contributed by atoms with van der Waals surface area (Å²) in [7, 11) is -3.43. The number of aryl methyl sites for hydroxylation is 2. The normalized spacial score (nSPS) is 18.0. The third-order valence-corrected chi connectivity index (χ3v) is 7.33. The first-order chi connectivity index (χ1) is 12.9. The van der Waals surface area contributed by atoms with Crippen molar-refractivity contribution in [1.29, 1.82) is 0 Å². The standard InChI is InChI=1S/C20H24N2O4S/c1-15-3-6-20(16(2)11-15)27(23,24)22-9-7-21(8-10-22)13-17-4-5-18-19(12-17)26-14-25-18/h3-6,11-12H,7-10,13-14H2,1-2H3/p+1. The van der Waals surface area contributed by atoms with Crippen molar-refractivity contribution >= 4 is 10.0 Å². The molecule has 0 aliphatic carbocycles. The van der Waals surface area contributed by atoms with Gasteiger partial charge in [-0.3, -0.25) is 0 Å². The molecule has 0 radical (unpaired) electrons. The minimum Gasteiger partial charge on any atom is -0.454 e. The molecule has 0 spiro atoms. The van der Waals surface area contributed by atoms with E-state index in [4.69, 9.17) is 9.47 Å². The lowest BCUT2D eigenvalue weighted by Gasteiger charge is -2.32. The molecular formula is C20H25N2O4S+. The summed E-state index contributed by atoms with van der Waals surface area (Å²) in [5.74, 6) is 1.58. The largest absolute Gasteiger partial charge is 0.454 e. The third kappa shape index (κ3) is 3.67. The summed E-state index contributed by atoms with van der Waals surface area (Å²) < 4.78 is 38.4. The summed E-state index contributed by atoms with van der Waals surface area (Å²) in [6.45, 7) is 7.62. The van der Waals surface area contributed by atoms with Crippen LogP contribution in [-0.2, 0) is 16.6 Å². The first-order valence-electron chi connectivity index (χ1n) is 9.23. The average molecular weight is 389 g/mol. The Labute approximate surface area is 160 Å². The molecule has 2 aromatic carbocycles. The highest BCUT2D eigenvalue weighted by atomic mass is 32.2. The van der Waals surface area contributed by atoms with Crippen LogP contribution in [0.1, 0.15) is 16.7 Å². The Hall–Kier alpha value is -2.09. The average Bonchev–Trinajstić information content (AvgIpc) is 3.09. The SMILES string of the molecule is Cc1ccc(S(=O)(=O)N2CC[NH+](Cc3ccc4c(c3)OCO4)CC2)c(C)c1. The maximum atomic E-state index is 13.0. The molecule has 27 heavy (non-hydrogen) atoms. The molecule has 1 N–H and O–H groups in total. The van der Waals surface area contributed by atoms with E-state index in [0.717, 1.165) is 42.3 Å². The Morgan fingerprint density at radius 3 is 2.48 bits per heavy atom. The van der Waals surface area contributed by atoms with Gasteiger partial charge >= 0.3 is 0 Å². The van der Waals surface area contributed by atoms with E-state index in [2.05, 4.69) is 6.07 Å². The fourth-order valence-corrected chi connectivity index (χ4v) is 5.43. The lowest BCUT2D eigenvalue weighted by Crippen LogP contribution is -3.13. The zero-order valence-electron chi connectivity index (χ0n) is 15.7. The van der Waals surface area contributed by atoms with Crippen LogP contribution in [0, 0.1) is 13.8 Å². The van der Waals surface area contributed by atoms with Gasteiger partial charge < -0.3 is 14.4 Å². The number of ether oxygens (including phenoxy) is 2. The van der Waals surface area contributed by atoms with E-state index in [1.54, 1.807) is 10.4 Å². The van der Waals surface area contributed by atoms with Crippen LogP contribution in [0.15, 0.2) is 41.3 Å². The monoisotopic (exact) mass is 389 g/mol. The summed E-state index contributed by atoms with van der Waals surface area (Å²) in [5, 5.41) is 0. The van der Waals surface area contributed by atoms with E-state index in [1.807, 2.05) is 38.1 Å². The zero-order chi connectivity index (χ0) is 19.0. The van der Waals surface area contributed by atoms with Crippen molar-refractivity contribution in [2.45, 2.75) is 25.3 Å². The Morgan fingerprint density at radius 1 is 1.00 bits per heavy atom. The van der Waals surface area contributed by atoms with Crippen LogP contribution in [0.25, 0.3) is 0 Å². The maximum Gasteiger partial charge on any atom is 0.243 e. The minimum absolute atomic E-state index is 0.278. The molecule has 2 aliphatic heterocycles. The van der Waals surface area contributed by atoms with Crippen LogP contribution < -0.4 is 14.4 Å². The number of nitrogens with zero attached hydrogens (tertiary/aromatic N) is 1. The second-order valence-electron chi connectivity index (χ2n) is 7.29. The highest BCUT2D eigenvalue weighted by molar-refractivity contribution is 7.89. The van der Waals surface area contributed by atoms with Gasteiger partial charge in [-0.1, -0.05) is 17.7 Å². The molecule has 2 aromatic rings. The van der Waals surface area contributed by atoms with E-state index in [9.17, 15) is 8.42 Å². The smallest absolute Gasteiger partial charge is 0.243 e. The van der Waals surface area contributed by atoms with Crippen molar-refractivity contribution in [2.24, 2.45) is 0 Å². The Balaban J connectivity index is 1.41. The molecule has 2 heterocycles. The predicted molar refractivity (Wildman–Crippen MR) is 102 cm³/mol. The number of hydrogen-bond donors (Lipinski definition) is 1. The van der Waals surface area contributed by atoms with Crippen molar-refractivity contribution in [3.63, 3.8) is 0 Å². The van der Waals surface area contributed by atoms with Crippen molar-refractivity contribution in [2.75, 3.05) is 33.0 Å². The van der Waals surface area contributed by atoms with Crippen molar-refractivity contribution < 1.29 is 22.8 Å². The number of quaternary nitrogens is 1. The summed E-state index contributed by atoms with van der Waals surface area (Å²) >= 11 is 0.